The highest BCUT2D eigenvalue weighted by atomic mass is 31.2. The maximum absolute atomic E-state index is 13.1. The average molecular weight is 1490 g/mol. The minimum atomic E-state index is -4.96. The van der Waals surface area contributed by atoms with E-state index in [0.29, 0.717) is 31.6 Å². The van der Waals surface area contributed by atoms with Crippen LogP contribution in [0.5, 0.6) is 0 Å². The Kier molecular flexibility index (Phi) is 70.6. The predicted octanol–water partition coefficient (Wildman–Crippen LogP) is 24.8. The minimum Gasteiger partial charge on any atom is -0.462 e. The number of rotatable bonds is 80. The van der Waals surface area contributed by atoms with Crippen LogP contribution in [0.1, 0.15) is 428 Å². The van der Waals surface area contributed by atoms with Gasteiger partial charge in [-0.2, -0.15) is 0 Å². The summed E-state index contributed by atoms with van der Waals surface area (Å²) in [5, 5.41) is 10.7. The Bertz CT molecular complexity index is 1990. The van der Waals surface area contributed by atoms with Crippen LogP contribution in [0, 0.1) is 23.7 Å². The highest BCUT2D eigenvalue weighted by Crippen LogP contribution is 2.45. The van der Waals surface area contributed by atoms with E-state index in [2.05, 4.69) is 55.4 Å². The quantitative estimate of drug-likeness (QED) is 0.0222. The summed E-state index contributed by atoms with van der Waals surface area (Å²) in [7, 11) is -9.92. The maximum Gasteiger partial charge on any atom is 0.472 e. The second-order valence-electron chi connectivity index (χ2n) is 31.5. The summed E-state index contributed by atoms with van der Waals surface area (Å²) in [6, 6.07) is 0. The van der Waals surface area contributed by atoms with Gasteiger partial charge in [0.2, 0.25) is 0 Å². The third-order valence-corrected chi connectivity index (χ3v) is 21.6. The van der Waals surface area contributed by atoms with Gasteiger partial charge in [0.1, 0.15) is 19.3 Å². The van der Waals surface area contributed by atoms with Crippen molar-refractivity contribution >= 4 is 39.5 Å². The van der Waals surface area contributed by atoms with Gasteiger partial charge in [0.15, 0.2) is 12.2 Å². The van der Waals surface area contributed by atoms with Gasteiger partial charge >= 0.3 is 39.5 Å². The molecule has 0 aliphatic carbocycles. The molecule has 0 saturated heterocycles. The van der Waals surface area contributed by atoms with Crippen molar-refractivity contribution in [2.45, 2.75) is 446 Å². The molecule has 0 aromatic carbocycles. The highest BCUT2D eigenvalue weighted by Gasteiger charge is 2.30. The van der Waals surface area contributed by atoms with E-state index in [-0.39, 0.29) is 25.7 Å². The first-order valence-corrected chi connectivity index (χ1v) is 45.7. The molecule has 3 N–H and O–H groups in total. The van der Waals surface area contributed by atoms with Gasteiger partial charge in [-0.25, -0.2) is 9.13 Å². The third-order valence-electron chi connectivity index (χ3n) is 19.7. The first-order chi connectivity index (χ1) is 49.1. The normalized spacial score (nSPS) is 14.3. The molecule has 0 aromatic heterocycles. The SMILES string of the molecule is CCC(C)CCCCCCCCCCCCCCCCCCCCC(=O)O[C@H](COC(=O)CCCCCCCCCCCCCCC(C)C)COP(=O)(O)OCC(O)COP(=O)(O)OC[C@@H](COC(=O)CCCCCCCCCC(C)C)OC(=O)CCCCCCCCCCCCCCC(C)C. The van der Waals surface area contributed by atoms with Crippen LogP contribution in [-0.4, -0.2) is 96.7 Å². The van der Waals surface area contributed by atoms with E-state index in [4.69, 9.17) is 37.0 Å². The summed E-state index contributed by atoms with van der Waals surface area (Å²) in [5.74, 6) is 1.02. The van der Waals surface area contributed by atoms with E-state index >= 15 is 0 Å². The lowest BCUT2D eigenvalue weighted by Crippen LogP contribution is -2.30. The van der Waals surface area contributed by atoms with Crippen molar-refractivity contribution in [1.29, 1.82) is 0 Å². The van der Waals surface area contributed by atoms with Crippen LogP contribution in [0.4, 0.5) is 0 Å². The zero-order chi connectivity index (χ0) is 75.3. The topological polar surface area (TPSA) is 237 Å². The number of carbonyl (C=O) groups is 4. The van der Waals surface area contributed by atoms with Gasteiger partial charge in [-0.3, -0.25) is 37.3 Å². The molecule has 6 atom stereocenters. The summed E-state index contributed by atoms with van der Waals surface area (Å²) in [5.41, 5.74) is 0. The van der Waals surface area contributed by atoms with Gasteiger partial charge in [-0.1, -0.05) is 376 Å². The van der Waals surface area contributed by atoms with E-state index < -0.39 is 97.5 Å². The second kappa shape index (κ2) is 72.0. The van der Waals surface area contributed by atoms with E-state index in [1.807, 2.05) is 0 Å². The molecule has 17 nitrogen and oxygen atoms in total. The van der Waals surface area contributed by atoms with Gasteiger partial charge in [0.25, 0.3) is 0 Å². The fourth-order valence-corrected chi connectivity index (χ4v) is 14.3. The molecular formula is C83H162O17P2. The highest BCUT2D eigenvalue weighted by molar-refractivity contribution is 7.47. The number of unbranched alkanes of at least 4 members (excludes halogenated alkanes) is 45. The number of aliphatic hydroxyl groups excluding tert-OH is 1. The number of ether oxygens (including phenoxy) is 4. The van der Waals surface area contributed by atoms with Crippen LogP contribution in [0.3, 0.4) is 0 Å². The van der Waals surface area contributed by atoms with Crippen molar-refractivity contribution in [3.8, 4) is 0 Å². The lowest BCUT2D eigenvalue weighted by atomic mass is 9.99. The van der Waals surface area contributed by atoms with E-state index in [0.717, 1.165) is 114 Å². The smallest absolute Gasteiger partial charge is 0.462 e. The number of hydrogen-bond donors (Lipinski definition) is 3. The lowest BCUT2D eigenvalue weighted by molar-refractivity contribution is -0.161. The average Bonchev–Trinajstić information content (AvgIpc) is 0.991. The molecule has 0 amide bonds. The molecule has 0 radical (unpaired) electrons. The third kappa shape index (κ3) is 74.9. The molecule has 19 heteroatoms. The largest absolute Gasteiger partial charge is 0.472 e. The van der Waals surface area contributed by atoms with Gasteiger partial charge in [0, 0.05) is 25.7 Å². The number of phosphoric acid groups is 2. The zero-order valence-corrected chi connectivity index (χ0v) is 69.0. The molecule has 0 bridgehead atoms. The molecule has 606 valence electrons. The Labute approximate surface area is 626 Å². The molecule has 0 spiro atoms. The Morgan fingerprint density at radius 1 is 0.275 bits per heavy atom. The number of carbonyl (C=O) groups excluding carboxylic acids is 4. The maximum atomic E-state index is 13.1. The summed E-state index contributed by atoms with van der Waals surface area (Å²) in [4.78, 5) is 73.1. The molecule has 0 rings (SSSR count). The number of aliphatic hydroxyl groups is 1. The molecule has 0 fully saturated rings. The van der Waals surface area contributed by atoms with Crippen molar-refractivity contribution in [2.24, 2.45) is 23.7 Å². The summed E-state index contributed by atoms with van der Waals surface area (Å²) in [6.07, 6.45) is 59.7. The predicted molar refractivity (Wildman–Crippen MR) is 418 cm³/mol. The van der Waals surface area contributed by atoms with Crippen molar-refractivity contribution in [3.05, 3.63) is 0 Å². The second-order valence-corrected chi connectivity index (χ2v) is 34.4. The summed E-state index contributed by atoms with van der Waals surface area (Å²) >= 11 is 0. The number of phosphoric ester groups is 2. The Morgan fingerprint density at radius 3 is 0.696 bits per heavy atom. The van der Waals surface area contributed by atoms with Crippen LogP contribution in [0.2, 0.25) is 0 Å². The Hall–Kier alpha value is -1.94. The molecular weight excluding hydrogens is 1330 g/mol. The standard InChI is InChI=1S/C83H162O17P2/c1-9-76(8)62-54-46-38-30-24-16-14-12-10-11-13-15-17-26-32-40-49-57-65-82(87)99-78(69-93-80(85)63-55-47-39-31-25-20-18-22-28-35-43-51-59-73(2)3)71-97-101(89,90)95-67-77(84)68-96-102(91,92)98-72-79(70-94-81(86)64-56-48-42-34-37-45-53-61-75(6)7)100-83(88)66-58-50-41-33-27-21-19-23-29-36-44-52-60-74(4)5/h73-79,84H,9-72H2,1-8H3,(H,89,90)(H,91,92)/t76?,77?,78-,79-/m1/s1. The molecule has 0 saturated carbocycles. The van der Waals surface area contributed by atoms with Crippen LogP contribution in [0.25, 0.3) is 0 Å². The van der Waals surface area contributed by atoms with E-state index in [1.54, 1.807) is 0 Å². The first kappa shape index (κ1) is 100. The fraction of sp³-hybridized carbons (Fsp3) is 0.952. The zero-order valence-electron chi connectivity index (χ0n) is 67.2. The number of esters is 4. The van der Waals surface area contributed by atoms with Gasteiger partial charge in [-0.15, -0.1) is 0 Å². The molecule has 0 aliphatic heterocycles. The number of hydrogen-bond acceptors (Lipinski definition) is 15. The Morgan fingerprint density at radius 2 is 0.471 bits per heavy atom. The minimum absolute atomic E-state index is 0.106. The first-order valence-electron chi connectivity index (χ1n) is 42.7. The van der Waals surface area contributed by atoms with Crippen LogP contribution >= 0.6 is 15.6 Å². The van der Waals surface area contributed by atoms with Gasteiger partial charge in [0.05, 0.1) is 26.4 Å². The molecule has 4 unspecified atom stereocenters. The molecule has 0 aromatic rings. The van der Waals surface area contributed by atoms with Crippen molar-refractivity contribution < 1.29 is 80.2 Å². The van der Waals surface area contributed by atoms with Crippen molar-refractivity contribution in [1.82, 2.24) is 0 Å². The molecule has 0 aliphatic rings. The fourth-order valence-electron chi connectivity index (χ4n) is 12.8. The Balaban J connectivity index is 5.22. The van der Waals surface area contributed by atoms with Crippen LogP contribution in [0.15, 0.2) is 0 Å². The van der Waals surface area contributed by atoms with Crippen molar-refractivity contribution in [3.63, 3.8) is 0 Å². The van der Waals surface area contributed by atoms with E-state index in [9.17, 15) is 43.2 Å². The van der Waals surface area contributed by atoms with Crippen LogP contribution in [-0.2, 0) is 65.4 Å². The lowest BCUT2D eigenvalue weighted by Gasteiger charge is -2.21. The van der Waals surface area contributed by atoms with Gasteiger partial charge in [-0.05, 0) is 49.4 Å². The van der Waals surface area contributed by atoms with E-state index in [1.165, 1.54) is 225 Å². The molecule has 0 heterocycles. The molecule has 102 heavy (non-hydrogen) atoms. The summed E-state index contributed by atoms with van der Waals surface area (Å²) < 4.78 is 68.8. The van der Waals surface area contributed by atoms with Crippen molar-refractivity contribution in [2.75, 3.05) is 39.6 Å². The summed E-state index contributed by atoms with van der Waals surface area (Å²) in [6.45, 7) is 14.3. The van der Waals surface area contributed by atoms with Gasteiger partial charge < -0.3 is 33.8 Å². The van der Waals surface area contributed by atoms with Crippen LogP contribution < -0.4 is 0 Å². The monoisotopic (exact) mass is 1490 g/mol.